The Morgan fingerprint density at radius 1 is 1.37 bits per heavy atom. The Bertz CT molecular complexity index is 555. The SMILES string of the molecule is CS(=O)(=O)N1CCC[C@@H](c2nnc(C(F)(F)F)o2)C1. The second-order valence-electron chi connectivity index (χ2n) is 4.40. The molecule has 6 nitrogen and oxygen atoms in total. The molecule has 0 N–H and O–H groups in total. The first-order valence-electron chi connectivity index (χ1n) is 5.53. The zero-order valence-electron chi connectivity index (χ0n) is 10.0. The normalized spacial score (nSPS) is 22.6. The minimum absolute atomic E-state index is 0.0678. The molecule has 10 heteroatoms. The first-order valence-corrected chi connectivity index (χ1v) is 7.38. The van der Waals surface area contributed by atoms with E-state index in [4.69, 9.17) is 0 Å². The smallest absolute Gasteiger partial charge is 0.417 e. The number of hydrogen-bond acceptors (Lipinski definition) is 5. The van der Waals surface area contributed by atoms with Crippen molar-refractivity contribution in [2.75, 3.05) is 19.3 Å². The molecule has 1 aliphatic heterocycles. The molecule has 0 spiro atoms. The third kappa shape index (κ3) is 3.24. The maximum Gasteiger partial charge on any atom is 0.470 e. The lowest BCUT2D eigenvalue weighted by Gasteiger charge is -2.28. The number of alkyl halides is 3. The van der Waals surface area contributed by atoms with Gasteiger partial charge in [0.1, 0.15) is 0 Å². The lowest BCUT2D eigenvalue weighted by Crippen LogP contribution is -2.38. The topological polar surface area (TPSA) is 76.3 Å². The molecule has 0 aromatic carbocycles. The van der Waals surface area contributed by atoms with Crippen LogP contribution in [0, 0.1) is 0 Å². The molecule has 1 fully saturated rings. The van der Waals surface area contributed by atoms with E-state index < -0.39 is 28.0 Å². The Morgan fingerprint density at radius 2 is 2.05 bits per heavy atom. The molecule has 1 aliphatic rings. The van der Waals surface area contributed by atoms with Crippen molar-refractivity contribution in [2.45, 2.75) is 24.9 Å². The van der Waals surface area contributed by atoms with Crippen molar-refractivity contribution in [3.05, 3.63) is 11.8 Å². The highest BCUT2D eigenvalue weighted by Gasteiger charge is 2.39. The molecular formula is C9H12F3N3O3S. The summed E-state index contributed by atoms with van der Waals surface area (Å²) in [7, 11) is -3.37. The molecule has 19 heavy (non-hydrogen) atoms. The van der Waals surface area contributed by atoms with E-state index >= 15 is 0 Å². The van der Waals surface area contributed by atoms with Crippen molar-refractivity contribution in [3.63, 3.8) is 0 Å². The van der Waals surface area contributed by atoms with Crippen molar-refractivity contribution in [2.24, 2.45) is 0 Å². The first-order chi connectivity index (χ1) is 8.68. The quantitative estimate of drug-likeness (QED) is 0.821. The lowest BCUT2D eigenvalue weighted by atomic mass is 10.00. The highest BCUT2D eigenvalue weighted by atomic mass is 32.2. The second-order valence-corrected chi connectivity index (χ2v) is 6.39. The van der Waals surface area contributed by atoms with Crippen LogP contribution in [0.5, 0.6) is 0 Å². The predicted molar refractivity (Wildman–Crippen MR) is 57.7 cm³/mol. The summed E-state index contributed by atoms with van der Waals surface area (Å²) in [6, 6.07) is 0. The molecular weight excluding hydrogens is 287 g/mol. The molecule has 2 rings (SSSR count). The summed E-state index contributed by atoms with van der Waals surface area (Å²) in [4.78, 5) is 0. The van der Waals surface area contributed by atoms with E-state index in [2.05, 4.69) is 14.6 Å². The third-order valence-corrected chi connectivity index (χ3v) is 4.16. The van der Waals surface area contributed by atoms with E-state index in [9.17, 15) is 21.6 Å². The van der Waals surface area contributed by atoms with Gasteiger partial charge in [-0.3, -0.25) is 0 Å². The summed E-state index contributed by atoms with van der Waals surface area (Å²) in [5, 5.41) is 6.30. The van der Waals surface area contributed by atoms with E-state index in [0.29, 0.717) is 19.4 Å². The average Bonchev–Trinajstić information content (AvgIpc) is 2.77. The van der Waals surface area contributed by atoms with Crippen LogP contribution in [0.15, 0.2) is 4.42 Å². The molecule has 1 aromatic rings. The Kier molecular flexibility index (Phi) is 3.56. The minimum Gasteiger partial charge on any atom is -0.417 e. The minimum atomic E-state index is -4.68. The predicted octanol–water partition coefficient (Wildman–Crippen LogP) is 1.23. The summed E-state index contributed by atoms with van der Waals surface area (Å²) >= 11 is 0. The van der Waals surface area contributed by atoms with Gasteiger partial charge in [0.25, 0.3) is 0 Å². The van der Waals surface area contributed by atoms with Gasteiger partial charge in [-0.15, -0.1) is 10.2 Å². The van der Waals surface area contributed by atoms with Gasteiger partial charge in [-0.25, -0.2) is 12.7 Å². The van der Waals surface area contributed by atoms with E-state index in [1.54, 1.807) is 0 Å². The van der Waals surface area contributed by atoms with Gasteiger partial charge in [-0.2, -0.15) is 13.2 Å². The Hall–Kier alpha value is -1.16. The van der Waals surface area contributed by atoms with Crippen LogP contribution in [0.2, 0.25) is 0 Å². The number of halogens is 3. The highest BCUT2D eigenvalue weighted by molar-refractivity contribution is 7.88. The number of piperidine rings is 1. The van der Waals surface area contributed by atoms with E-state index in [1.165, 1.54) is 4.31 Å². The van der Waals surface area contributed by atoms with Crippen molar-refractivity contribution in [3.8, 4) is 0 Å². The van der Waals surface area contributed by atoms with Gasteiger partial charge in [0, 0.05) is 13.1 Å². The third-order valence-electron chi connectivity index (χ3n) is 2.89. The van der Waals surface area contributed by atoms with Gasteiger partial charge in [0.05, 0.1) is 12.2 Å². The van der Waals surface area contributed by atoms with E-state index in [1.807, 2.05) is 0 Å². The fourth-order valence-corrected chi connectivity index (χ4v) is 2.87. The summed E-state index contributed by atoms with van der Waals surface area (Å²) in [5.74, 6) is -2.06. The standard InChI is InChI=1S/C9H12F3N3O3S/c1-19(16,17)15-4-2-3-6(5-15)7-13-14-8(18-7)9(10,11)12/h6H,2-5H2,1H3/t6-/m1/s1. The maximum absolute atomic E-state index is 12.3. The average molecular weight is 299 g/mol. The molecule has 0 saturated carbocycles. The van der Waals surface area contributed by atoms with E-state index in [0.717, 1.165) is 6.26 Å². The van der Waals surface area contributed by atoms with Crippen LogP contribution in [0.25, 0.3) is 0 Å². The van der Waals surface area contributed by atoms with Crippen LogP contribution < -0.4 is 0 Å². The molecule has 0 radical (unpaired) electrons. The number of sulfonamides is 1. The Morgan fingerprint density at radius 3 is 2.58 bits per heavy atom. The zero-order valence-corrected chi connectivity index (χ0v) is 10.8. The van der Waals surface area contributed by atoms with Crippen molar-refractivity contribution < 1.29 is 26.0 Å². The maximum atomic E-state index is 12.3. The van der Waals surface area contributed by atoms with Gasteiger partial charge in [-0.1, -0.05) is 0 Å². The molecule has 108 valence electrons. The molecule has 2 heterocycles. The lowest BCUT2D eigenvalue weighted by molar-refractivity contribution is -0.157. The van der Waals surface area contributed by atoms with Crippen LogP contribution in [0.4, 0.5) is 13.2 Å². The van der Waals surface area contributed by atoms with Gasteiger partial charge < -0.3 is 4.42 Å². The van der Waals surface area contributed by atoms with Crippen molar-refractivity contribution in [1.82, 2.24) is 14.5 Å². The second kappa shape index (κ2) is 4.75. The summed E-state index contributed by atoms with van der Waals surface area (Å²) in [6.07, 6.45) is -2.56. The number of aromatic nitrogens is 2. The fourth-order valence-electron chi connectivity index (χ4n) is 1.96. The van der Waals surface area contributed by atoms with Crippen LogP contribution in [0.3, 0.4) is 0 Å². The van der Waals surface area contributed by atoms with Gasteiger partial charge in [0.2, 0.25) is 15.9 Å². The van der Waals surface area contributed by atoms with Crippen molar-refractivity contribution >= 4 is 10.0 Å². The van der Waals surface area contributed by atoms with Crippen LogP contribution in [-0.4, -0.2) is 42.3 Å². The molecule has 0 amide bonds. The van der Waals surface area contributed by atoms with E-state index in [-0.39, 0.29) is 12.4 Å². The van der Waals surface area contributed by atoms with Gasteiger partial charge >= 0.3 is 12.1 Å². The zero-order chi connectivity index (χ0) is 14.3. The number of nitrogens with zero attached hydrogens (tertiary/aromatic N) is 3. The first kappa shape index (κ1) is 14.3. The van der Waals surface area contributed by atoms with Crippen molar-refractivity contribution in [1.29, 1.82) is 0 Å². The Labute approximate surface area is 107 Å². The molecule has 0 unspecified atom stereocenters. The molecule has 1 saturated heterocycles. The van der Waals surface area contributed by atoms with Crippen LogP contribution in [-0.2, 0) is 16.2 Å². The summed E-state index contributed by atoms with van der Waals surface area (Å²) in [6.45, 7) is 0.425. The van der Waals surface area contributed by atoms with Gasteiger partial charge in [-0.05, 0) is 12.8 Å². The van der Waals surface area contributed by atoms with Crippen LogP contribution in [0.1, 0.15) is 30.5 Å². The molecule has 0 bridgehead atoms. The fraction of sp³-hybridized carbons (Fsp3) is 0.778. The Balaban J connectivity index is 2.16. The molecule has 0 aliphatic carbocycles. The highest BCUT2D eigenvalue weighted by Crippen LogP contribution is 2.32. The number of rotatable bonds is 2. The largest absolute Gasteiger partial charge is 0.470 e. The van der Waals surface area contributed by atoms with Gasteiger partial charge in [0.15, 0.2) is 0 Å². The number of hydrogen-bond donors (Lipinski definition) is 0. The summed E-state index contributed by atoms with van der Waals surface area (Å²) < 4.78 is 65.6. The molecule has 1 atom stereocenters. The van der Waals surface area contributed by atoms with Crippen LogP contribution >= 0.6 is 0 Å². The molecule has 1 aromatic heterocycles. The summed E-state index contributed by atoms with van der Waals surface area (Å²) in [5.41, 5.74) is 0. The monoisotopic (exact) mass is 299 g/mol.